The molecule has 0 aliphatic rings. The van der Waals surface area contributed by atoms with E-state index in [4.69, 9.17) is 26.8 Å². The van der Waals surface area contributed by atoms with Crippen LogP contribution in [0.15, 0.2) is 23.6 Å². The largest absolute Gasteiger partial charge is 0.486 e. The van der Waals surface area contributed by atoms with Crippen LogP contribution in [-0.2, 0) is 11.3 Å². The number of carbonyl (C=O) groups is 1. The average Bonchev–Trinajstić information content (AvgIpc) is 2.94. The minimum Gasteiger partial charge on any atom is -0.486 e. The van der Waals surface area contributed by atoms with Crippen molar-refractivity contribution >= 4 is 28.8 Å². The normalized spacial score (nSPS) is 12.1. The van der Waals surface area contributed by atoms with Gasteiger partial charge in [0.2, 0.25) is 0 Å². The van der Waals surface area contributed by atoms with E-state index in [1.54, 1.807) is 18.2 Å². The van der Waals surface area contributed by atoms with Gasteiger partial charge in [0.25, 0.3) is 5.91 Å². The third kappa shape index (κ3) is 4.19. The number of thiazole rings is 1. The highest BCUT2D eigenvalue weighted by Gasteiger charge is 2.13. The summed E-state index contributed by atoms with van der Waals surface area (Å²) in [5, 5.41) is 3.27. The van der Waals surface area contributed by atoms with Crippen molar-refractivity contribution in [1.82, 2.24) is 4.98 Å². The molecular formula is C15H17ClN2O3S. The van der Waals surface area contributed by atoms with Crippen LogP contribution in [0.25, 0.3) is 0 Å². The van der Waals surface area contributed by atoms with Crippen LogP contribution in [0.4, 0.5) is 0 Å². The van der Waals surface area contributed by atoms with Crippen molar-refractivity contribution in [3.8, 4) is 5.75 Å². The van der Waals surface area contributed by atoms with Crippen LogP contribution >= 0.6 is 22.9 Å². The first-order chi connectivity index (χ1) is 10.5. The Bertz CT molecular complexity index is 660. The van der Waals surface area contributed by atoms with E-state index >= 15 is 0 Å². The van der Waals surface area contributed by atoms with Crippen LogP contribution in [0.3, 0.4) is 0 Å². The minimum absolute atomic E-state index is 0.0453. The highest BCUT2D eigenvalue weighted by atomic mass is 35.5. The summed E-state index contributed by atoms with van der Waals surface area (Å²) >= 11 is 7.43. The molecule has 2 rings (SSSR count). The predicted molar refractivity (Wildman–Crippen MR) is 86.5 cm³/mol. The summed E-state index contributed by atoms with van der Waals surface area (Å²) in [6.45, 7) is 4.76. The van der Waals surface area contributed by atoms with Crippen LogP contribution in [0.5, 0.6) is 5.75 Å². The maximum absolute atomic E-state index is 11.4. The molecule has 22 heavy (non-hydrogen) atoms. The van der Waals surface area contributed by atoms with Gasteiger partial charge in [0, 0.05) is 17.0 Å². The Morgan fingerprint density at radius 2 is 2.27 bits per heavy atom. The molecule has 1 aromatic carbocycles. The zero-order chi connectivity index (χ0) is 16.1. The predicted octanol–water partition coefficient (Wildman–Crippen LogP) is 3.57. The molecule has 1 atom stereocenters. The summed E-state index contributed by atoms with van der Waals surface area (Å²) in [6.07, 6.45) is -0.0453. The van der Waals surface area contributed by atoms with Gasteiger partial charge in [-0.25, -0.2) is 4.98 Å². The van der Waals surface area contributed by atoms with Crippen molar-refractivity contribution in [2.75, 3.05) is 6.61 Å². The first kappa shape index (κ1) is 16.7. The number of benzene rings is 1. The Kier molecular flexibility index (Phi) is 5.76. The summed E-state index contributed by atoms with van der Waals surface area (Å²) < 4.78 is 11.1. The van der Waals surface area contributed by atoms with Crippen LogP contribution in [-0.4, -0.2) is 17.5 Å². The van der Waals surface area contributed by atoms with Crippen LogP contribution in [0, 0.1) is 0 Å². The quantitative estimate of drug-likeness (QED) is 0.836. The molecule has 1 amide bonds. The average molecular weight is 341 g/mol. The molecule has 0 saturated heterocycles. The molecule has 0 radical (unpaired) electrons. The standard InChI is InChI=1S/C15H17ClN2O3S/c1-3-20-9(2)15-18-11(8-22-15)7-21-13-6-10(16)4-5-12(13)14(17)19/h4-6,8-9H,3,7H2,1-2H3,(H2,17,19)/t9-/m0/s1. The SMILES string of the molecule is CCO[C@@H](C)c1nc(COc2cc(Cl)ccc2C(N)=O)cs1. The van der Waals surface area contributed by atoms with Gasteiger partial charge in [-0.2, -0.15) is 0 Å². The lowest BCUT2D eigenvalue weighted by Crippen LogP contribution is -2.13. The third-order valence-corrected chi connectivity index (χ3v) is 4.21. The smallest absolute Gasteiger partial charge is 0.252 e. The van der Waals surface area contributed by atoms with Gasteiger partial charge >= 0.3 is 0 Å². The second-order valence-electron chi connectivity index (χ2n) is 4.57. The van der Waals surface area contributed by atoms with Crippen LogP contribution < -0.4 is 10.5 Å². The van der Waals surface area contributed by atoms with Gasteiger partial charge in [-0.3, -0.25) is 4.79 Å². The Hall–Kier alpha value is -1.63. The van der Waals surface area contributed by atoms with Gasteiger partial charge in [-0.1, -0.05) is 11.6 Å². The van der Waals surface area contributed by atoms with E-state index in [1.165, 1.54) is 11.3 Å². The number of amides is 1. The maximum Gasteiger partial charge on any atom is 0.252 e. The molecule has 0 bridgehead atoms. The molecule has 1 aromatic heterocycles. The van der Waals surface area contributed by atoms with E-state index in [2.05, 4.69) is 4.98 Å². The summed E-state index contributed by atoms with van der Waals surface area (Å²) in [4.78, 5) is 15.8. The number of nitrogens with zero attached hydrogens (tertiary/aromatic N) is 1. The second-order valence-corrected chi connectivity index (χ2v) is 5.89. The molecule has 0 aliphatic heterocycles. The highest BCUT2D eigenvalue weighted by molar-refractivity contribution is 7.09. The molecule has 1 heterocycles. The lowest BCUT2D eigenvalue weighted by Gasteiger charge is -2.09. The maximum atomic E-state index is 11.4. The number of halogens is 1. The summed E-state index contributed by atoms with van der Waals surface area (Å²) in [6, 6.07) is 4.71. The fraction of sp³-hybridized carbons (Fsp3) is 0.333. The van der Waals surface area contributed by atoms with Gasteiger partial charge in [0.15, 0.2) is 0 Å². The number of ether oxygens (including phenoxy) is 2. The molecule has 2 aromatic rings. The topological polar surface area (TPSA) is 74.4 Å². The van der Waals surface area contributed by atoms with Crippen molar-refractivity contribution in [2.45, 2.75) is 26.6 Å². The van der Waals surface area contributed by atoms with E-state index in [0.717, 1.165) is 10.7 Å². The molecule has 5 nitrogen and oxygen atoms in total. The Morgan fingerprint density at radius 1 is 1.50 bits per heavy atom. The van der Waals surface area contributed by atoms with Crippen molar-refractivity contribution in [3.05, 3.63) is 44.9 Å². The lowest BCUT2D eigenvalue weighted by molar-refractivity contribution is 0.0760. The molecule has 118 valence electrons. The number of hydrogen-bond acceptors (Lipinski definition) is 5. The molecule has 0 saturated carbocycles. The van der Waals surface area contributed by atoms with Crippen molar-refractivity contribution in [1.29, 1.82) is 0 Å². The first-order valence-electron chi connectivity index (χ1n) is 6.79. The van der Waals surface area contributed by atoms with Crippen molar-refractivity contribution in [2.24, 2.45) is 5.73 Å². The fourth-order valence-electron chi connectivity index (χ4n) is 1.87. The van der Waals surface area contributed by atoms with Crippen molar-refractivity contribution < 1.29 is 14.3 Å². The van der Waals surface area contributed by atoms with Crippen LogP contribution in [0.1, 0.15) is 41.0 Å². The Labute approximate surface area is 138 Å². The summed E-state index contributed by atoms with van der Waals surface area (Å²) in [5.41, 5.74) is 6.38. The van der Waals surface area contributed by atoms with Gasteiger partial charge in [-0.05, 0) is 32.0 Å². The lowest BCUT2D eigenvalue weighted by atomic mass is 10.2. The highest BCUT2D eigenvalue weighted by Crippen LogP contribution is 2.25. The molecule has 7 heteroatoms. The molecule has 0 unspecified atom stereocenters. The molecule has 0 fully saturated rings. The molecule has 0 spiro atoms. The summed E-state index contributed by atoms with van der Waals surface area (Å²) in [5.74, 6) is -0.206. The van der Waals surface area contributed by atoms with Crippen LogP contribution in [0.2, 0.25) is 5.02 Å². The number of rotatable bonds is 7. The summed E-state index contributed by atoms with van der Waals surface area (Å²) in [7, 11) is 0. The molecule has 2 N–H and O–H groups in total. The van der Waals surface area contributed by atoms with Gasteiger partial charge in [0.05, 0.1) is 11.3 Å². The number of primary amides is 1. The Balaban J connectivity index is 2.07. The monoisotopic (exact) mass is 340 g/mol. The second kappa shape index (κ2) is 7.58. The van der Waals surface area contributed by atoms with E-state index in [1.807, 2.05) is 19.2 Å². The molecule has 0 aliphatic carbocycles. The number of aromatic nitrogens is 1. The van der Waals surface area contributed by atoms with Gasteiger partial charge in [-0.15, -0.1) is 11.3 Å². The van der Waals surface area contributed by atoms with Crippen molar-refractivity contribution in [3.63, 3.8) is 0 Å². The van der Waals surface area contributed by atoms with E-state index in [-0.39, 0.29) is 12.7 Å². The number of carbonyl (C=O) groups excluding carboxylic acids is 1. The third-order valence-electron chi connectivity index (χ3n) is 2.92. The zero-order valence-corrected chi connectivity index (χ0v) is 13.9. The van der Waals surface area contributed by atoms with E-state index in [0.29, 0.717) is 22.9 Å². The fourth-order valence-corrected chi connectivity index (χ4v) is 2.84. The minimum atomic E-state index is -0.560. The van der Waals surface area contributed by atoms with Gasteiger partial charge in [0.1, 0.15) is 23.5 Å². The molecular weight excluding hydrogens is 324 g/mol. The van der Waals surface area contributed by atoms with E-state index < -0.39 is 5.91 Å². The number of hydrogen-bond donors (Lipinski definition) is 1. The van der Waals surface area contributed by atoms with E-state index in [9.17, 15) is 4.79 Å². The zero-order valence-electron chi connectivity index (χ0n) is 12.3. The number of nitrogens with two attached hydrogens (primary N) is 1. The first-order valence-corrected chi connectivity index (χ1v) is 8.05. The van der Waals surface area contributed by atoms with Gasteiger partial charge < -0.3 is 15.2 Å². The Morgan fingerprint density at radius 3 is 2.95 bits per heavy atom.